The normalized spacial score (nSPS) is 18.0. The molecule has 1 N–H and O–H groups in total. The minimum Gasteiger partial charge on any atom is -0.391 e. The van der Waals surface area contributed by atoms with E-state index in [1.54, 1.807) is 13.8 Å². The maximum atomic E-state index is 10.7. The predicted octanol–water partition coefficient (Wildman–Crippen LogP) is 1.71. The number of rotatable bonds is 8. The molecule has 0 aromatic heterocycles. The van der Waals surface area contributed by atoms with Crippen LogP contribution in [0.15, 0.2) is 11.6 Å². The first-order valence-electron chi connectivity index (χ1n) is 5.79. The summed E-state index contributed by atoms with van der Waals surface area (Å²) in [6.45, 7) is 7.75. The van der Waals surface area contributed by atoms with E-state index in [9.17, 15) is 9.90 Å². The lowest BCUT2D eigenvalue weighted by Gasteiger charge is -2.36. The highest BCUT2D eigenvalue weighted by atomic mass is 16.6. The molecule has 4 heteroatoms. The quantitative estimate of drug-likeness (QED) is 0.521. The highest BCUT2D eigenvalue weighted by Crippen LogP contribution is 2.24. The van der Waals surface area contributed by atoms with Crippen LogP contribution < -0.4 is 0 Å². The van der Waals surface area contributed by atoms with Gasteiger partial charge in [0.15, 0.2) is 0 Å². The summed E-state index contributed by atoms with van der Waals surface area (Å²) >= 11 is 0. The van der Waals surface area contributed by atoms with Gasteiger partial charge in [0.05, 0.1) is 12.7 Å². The molecular formula is C13H24O4. The maximum absolute atomic E-state index is 10.7. The number of hydrogen-bond donors (Lipinski definition) is 1. The molecule has 0 rings (SSSR count). The van der Waals surface area contributed by atoms with Gasteiger partial charge < -0.3 is 19.4 Å². The van der Waals surface area contributed by atoms with E-state index in [2.05, 4.69) is 0 Å². The van der Waals surface area contributed by atoms with Crippen LogP contribution in [0.1, 0.15) is 34.1 Å². The summed E-state index contributed by atoms with van der Waals surface area (Å²) in [5.41, 5.74) is 0.342. The molecule has 0 bridgehead atoms. The molecule has 0 unspecified atom stereocenters. The van der Waals surface area contributed by atoms with Crippen molar-refractivity contribution in [1.29, 1.82) is 0 Å². The first-order valence-corrected chi connectivity index (χ1v) is 5.79. The van der Waals surface area contributed by atoms with Crippen LogP contribution in [-0.4, -0.2) is 42.9 Å². The van der Waals surface area contributed by atoms with Crippen LogP contribution in [0.25, 0.3) is 0 Å². The Bertz CT molecular complexity index is 256. The number of allylic oxidation sites excluding steroid dienone is 1. The number of aliphatic hydroxyl groups is 1. The molecule has 0 fully saturated rings. The molecule has 100 valence electrons. The third-order valence-corrected chi connectivity index (χ3v) is 2.76. The molecule has 0 aliphatic rings. The fourth-order valence-corrected chi connectivity index (χ4v) is 1.63. The third-order valence-electron chi connectivity index (χ3n) is 2.76. The average molecular weight is 244 g/mol. The van der Waals surface area contributed by atoms with Crippen molar-refractivity contribution in [2.75, 3.05) is 13.7 Å². The number of carbonyl (C=O) groups is 1. The van der Waals surface area contributed by atoms with E-state index in [0.29, 0.717) is 6.61 Å². The predicted molar refractivity (Wildman–Crippen MR) is 66.9 cm³/mol. The summed E-state index contributed by atoms with van der Waals surface area (Å²) < 4.78 is 10.9. The molecule has 0 saturated heterocycles. The number of methoxy groups -OCH3 is 1. The molecule has 0 saturated carbocycles. The van der Waals surface area contributed by atoms with E-state index in [1.807, 2.05) is 19.9 Å². The fraction of sp³-hybridized carbons (Fsp3) is 0.769. The first-order chi connectivity index (χ1) is 7.87. The number of hydrogen-bond acceptors (Lipinski definition) is 4. The molecule has 0 radical (unpaired) electrons. The summed E-state index contributed by atoms with van der Waals surface area (Å²) in [6, 6.07) is 0. The van der Waals surface area contributed by atoms with Gasteiger partial charge in [-0.2, -0.15) is 0 Å². The number of aliphatic hydroxyl groups excluding tert-OH is 1. The second-order valence-electron chi connectivity index (χ2n) is 4.66. The number of aldehydes is 1. The molecule has 0 heterocycles. The van der Waals surface area contributed by atoms with Gasteiger partial charge in [0.25, 0.3) is 0 Å². The Morgan fingerprint density at radius 1 is 1.47 bits per heavy atom. The van der Waals surface area contributed by atoms with E-state index in [-0.39, 0.29) is 6.42 Å². The lowest BCUT2D eigenvalue weighted by atomic mass is 9.92. The van der Waals surface area contributed by atoms with Gasteiger partial charge in [0.1, 0.15) is 18.0 Å². The van der Waals surface area contributed by atoms with Gasteiger partial charge in [-0.3, -0.25) is 0 Å². The van der Waals surface area contributed by atoms with Crippen molar-refractivity contribution >= 4 is 6.29 Å². The molecule has 0 spiro atoms. The van der Waals surface area contributed by atoms with Crippen LogP contribution in [0.5, 0.6) is 0 Å². The van der Waals surface area contributed by atoms with Crippen LogP contribution in [0.3, 0.4) is 0 Å². The van der Waals surface area contributed by atoms with Crippen LogP contribution in [0, 0.1) is 0 Å². The van der Waals surface area contributed by atoms with Crippen molar-refractivity contribution in [2.24, 2.45) is 0 Å². The second-order valence-corrected chi connectivity index (χ2v) is 4.66. The van der Waals surface area contributed by atoms with Crippen molar-refractivity contribution in [2.45, 2.75) is 51.9 Å². The summed E-state index contributed by atoms with van der Waals surface area (Å²) in [6.07, 6.45) is 1.66. The molecule has 3 atom stereocenters. The zero-order chi connectivity index (χ0) is 13.5. The standard InChI is InChI=1S/C13H24O4/c1-10(2)6-9-17-12(11(3)15)13(4,16-5)7-8-14/h6,8,11-12,15H,7,9H2,1-5H3/t11-,12-,13+/m0/s1. The Hall–Kier alpha value is -0.710. The fourth-order valence-electron chi connectivity index (χ4n) is 1.63. The largest absolute Gasteiger partial charge is 0.391 e. The molecule has 0 aliphatic carbocycles. The topological polar surface area (TPSA) is 55.8 Å². The van der Waals surface area contributed by atoms with Crippen molar-refractivity contribution < 1.29 is 19.4 Å². The Morgan fingerprint density at radius 3 is 2.41 bits per heavy atom. The van der Waals surface area contributed by atoms with E-state index >= 15 is 0 Å². The van der Waals surface area contributed by atoms with Gasteiger partial charge in [-0.25, -0.2) is 0 Å². The van der Waals surface area contributed by atoms with Crippen LogP contribution in [0.2, 0.25) is 0 Å². The van der Waals surface area contributed by atoms with E-state index < -0.39 is 17.8 Å². The molecule has 0 aliphatic heterocycles. The minimum absolute atomic E-state index is 0.188. The van der Waals surface area contributed by atoms with Crippen molar-refractivity contribution in [3.63, 3.8) is 0 Å². The van der Waals surface area contributed by atoms with Crippen LogP contribution >= 0.6 is 0 Å². The van der Waals surface area contributed by atoms with Gasteiger partial charge in [-0.05, 0) is 27.7 Å². The lowest BCUT2D eigenvalue weighted by molar-refractivity contribution is -0.157. The van der Waals surface area contributed by atoms with Gasteiger partial charge in [-0.15, -0.1) is 0 Å². The molecule has 0 amide bonds. The van der Waals surface area contributed by atoms with Crippen molar-refractivity contribution in [3.8, 4) is 0 Å². The Kier molecular flexibility index (Phi) is 7.27. The molecule has 17 heavy (non-hydrogen) atoms. The van der Waals surface area contributed by atoms with Crippen molar-refractivity contribution in [1.82, 2.24) is 0 Å². The van der Waals surface area contributed by atoms with Gasteiger partial charge >= 0.3 is 0 Å². The van der Waals surface area contributed by atoms with Crippen molar-refractivity contribution in [3.05, 3.63) is 11.6 Å². The minimum atomic E-state index is -0.800. The average Bonchev–Trinajstić information content (AvgIpc) is 2.23. The monoisotopic (exact) mass is 244 g/mol. The van der Waals surface area contributed by atoms with Gasteiger partial charge in [-0.1, -0.05) is 11.6 Å². The zero-order valence-corrected chi connectivity index (χ0v) is 11.4. The van der Waals surface area contributed by atoms with E-state index in [1.165, 1.54) is 7.11 Å². The SMILES string of the molecule is CO[C@](C)(CC=O)[C@@H](OCC=C(C)C)[C@H](C)O. The summed E-state index contributed by atoms with van der Waals surface area (Å²) in [7, 11) is 1.52. The zero-order valence-electron chi connectivity index (χ0n) is 11.4. The van der Waals surface area contributed by atoms with E-state index in [0.717, 1.165) is 11.9 Å². The summed E-state index contributed by atoms with van der Waals surface area (Å²) in [4.78, 5) is 10.7. The lowest BCUT2D eigenvalue weighted by Crippen LogP contribution is -2.49. The smallest absolute Gasteiger partial charge is 0.122 e. The Labute approximate surface area is 104 Å². The highest BCUT2D eigenvalue weighted by molar-refractivity contribution is 5.51. The summed E-state index contributed by atoms with van der Waals surface area (Å²) in [5.74, 6) is 0. The molecule has 0 aromatic rings. The number of carbonyl (C=O) groups excluding carboxylic acids is 1. The van der Waals surface area contributed by atoms with Gasteiger partial charge in [0, 0.05) is 13.5 Å². The van der Waals surface area contributed by atoms with Crippen LogP contribution in [0.4, 0.5) is 0 Å². The first kappa shape index (κ1) is 16.3. The summed E-state index contributed by atoms with van der Waals surface area (Å²) in [5, 5.41) is 9.73. The Morgan fingerprint density at radius 2 is 2.06 bits per heavy atom. The second kappa shape index (κ2) is 7.58. The van der Waals surface area contributed by atoms with Gasteiger partial charge in [0.2, 0.25) is 0 Å². The van der Waals surface area contributed by atoms with E-state index in [4.69, 9.17) is 9.47 Å². The maximum Gasteiger partial charge on any atom is 0.122 e. The third kappa shape index (κ3) is 5.44. The van der Waals surface area contributed by atoms with Crippen LogP contribution in [-0.2, 0) is 14.3 Å². The molecule has 0 aromatic carbocycles. The Balaban J connectivity index is 4.69. The molecule has 4 nitrogen and oxygen atoms in total. The molecular weight excluding hydrogens is 220 g/mol. The highest BCUT2D eigenvalue weighted by Gasteiger charge is 2.38. The number of ether oxygens (including phenoxy) is 2.